The fourth-order valence-electron chi connectivity index (χ4n) is 0.446. The van der Waals surface area contributed by atoms with Gasteiger partial charge < -0.3 is 25.2 Å². The molecule has 0 aromatic heterocycles. The summed E-state index contributed by atoms with van der Waals surface area (Å²) < 4.78 is 4.72. The summed E-state index contributed by atoms with van der Waals surface area (Å²) in [6, 6.07) is 0. The van der Waals surface area contributed by atoms with Crippen molar-refractivity contribution in [1.82, 2.24) is 0 Å². The van der Waals surface area contributed by atoms with Crippen molar-refractivity contribution in [3.8, 4) is 0 Å². The predicted octanol–water partition coefficient (Wildman–Crippen LogP) is -3.74. The third-order valence-electron chi connectivity index (χ3n) is 1.04. The predicted molar refractivity (Wildman–Crippen MR) is 48.3 cm³/mol. The van der Waals surface area contributed by atoms with Gasteiger partial charge in [-0.2, -0.15) is 0 Å². The molecule has 0 saturated carbocycles. The summed E-state index contributed by atoms with van der Waals surface area (Å²) in [6.45, 7) is -0.800. The van der Waals surface area contributed by atoms with E-state index in [-0.39, 0.29) is 37.4 Å². The Morgan fingerprint density at radius 2 is 1.25 bits per heavy atom. The van der Waals surface area contributed by atoms with Gasteiger partial charge in [-0.3, -0.25) is 0 Å². The minimum absolute atomic E-state index is 0. The van der Waals surface area contributed by atoms with E-state index in [0.29, 0.717) is 0 Å². The summed E-state index contributed by atoms with van der Waals surface area (Å²) >= 11 is 0. The van der Waals surface area contributed by atoms with Gasteiger partial charge in [-0.15, -0.1) is 0 Å². The lowest BCUT2D eigenvalue weighted by Crippen LogP contribution is -2.25. The maximum Gasteiger partial charge on any atom is 0.100 e. The standard InChI is InChI=1S/C6H14O5.H4Si/c7-1-5(9)3-11-4-6(10)2-8;/h5-10H,1-4H2;1H4. The van der Waals surface area contributed by atoms with E-state index in [1.807, 2.05) is 0 Å². The molecule has 0 bridgehead atoms. The average molecular weight is 198 g/mol. The molecule has 76 valence electrons. The van der Waals surface area contributed by atoms with Crippen LogP contribution in [0.1, 0.15) is 0 Å². The molecule has 0 aliphatic heterocycles. The number of hydrogen-bond acceptors (Lipinski definition) is 5. The van der Waals surface area contributed by atoms with Crippen molar-refractivity contribution >= 4 is 11.0 Å². The first-order valence-corrected chi connectivity index (χ1v) is 3.36. The highest BCUT2D eigenvalue weighted by Crippen LogP contribution is 1.87. The molecular formula is C6H18O5Si. The smallest absolute Gasteiger partial charge is 0.100 e. The lowest BCUT2D eigenvalue weighted by molar-refractivity contribution is -0.0364. The zero-order valence-electron chi connectivity index (χ0n) is 6.18. The van der Waals surface area contributed by atoms with Crippen molar-refractivity contribution in [1.29, 1.82) is 0 Å². The van der Waals surface area contributed by atoms with Gasteiger partial charge >= 0.3 is 0 Å². The molecule has 0 fully saturated rings. The Morgan fingerprint density at radius 1 is 0.917 bits per heavy atom. The molecule has 0 aromatic carbocycles. The largest absolute Gasteiger partial charge is 0.394 e. The summed E-state index contributed by atoms with van der Waals surface area (Å²) in [7, 11) is 0. The zero-order valence-corrected chi connectivity index (χ0v) is 6.18. The Morgan fingerprint density at radius 3 is 1.50 bits per heavy atom. The fraction of sp³-hybridized carbons (Fsp3) is 1.00. The average Bonchev–Trinajstić information content (AvgIpc) is 2.04. The number of hydrogen-bond donors (Lipinski definition) is 4. The van der Waals surface area contributed by atoms with E-state index in [1.54, 1.807) is 0 Å². The highest BCUT2D eigenvalue weighted by Gasteiger charge is 2.04. The second kappa shape index (κ2) is 9.11. The highest BCUT2D eigenvalue weighted by atomic mass is 28.1. The molecule has 0 aromatic rings. The minimum atomic E-state index is -0.916. The first kappa shape index (κ1) is 14.5. The van der Waals surface area contributed by atoms with E-state index in [1.165, 1.54) is 0 Å². The van der Waals surface area contributed by atoms with Crippen LogP contribution in [0.5, 0.6) is 0 Å². The van der Waals surface area contributed by atoms with Crippen molar-refractivity contribution in [3.63, 3.8) is 0 Å². The van der Waals surface area contributed by atoms with Gasteiger partial charge in [-0.25, -0.2) is 0 Å². The first-order chi connectivity index (χ1) is 5.20. The molecule has 0 saturated heterocycles. The van der Waals surface area contributed by atoms with Crippen molar-refractivity contribution in [2.24, 2.45) is 0 Å². The van der Waals surface area contributed by atoms with Crippen LogP contribution in [0, 0.1) is 0 Å². The Bertz CT molecular complexity index is 82.0. The van der Waals surface area contributed by atoms with Gasteiger partial charge in [0, 0.05) is 0 Å². The number of ether oxygens (including phenoxy) is 1. The molecule has 0 rings (SSSR count). The molecule has 0 heterocycles. The van der Waals surface area contributed by atoms with Crippen LogP contribution in [0.2, 0.25) is 0 Å². The zero-order chi connectivity index (χ0) is 8.69. The maximum atomic E-state index is 8.72. The van der Waals surface area contributed by atoms with E-state index < -0.39 is 12.2 Å². The maximum absolute atomic E-state index is 8.72. The second-order valence-electron chi connectivity index (χ2n) is 2.21. The SMILES string of the molecule is OCC(O)COCC(O)CO.[SiH4]. The van der Waals surface area contributed by atoms with Crippen LogP contribution < -0.4 is 0 Å². The van der Waals surface area contributed by atoms with Crippen LogP contribution in [-0.2, 0) is 4.74 Å². The molecular weight excluding hydrogens is 180 g/mol. The summed E-state index contributed by atoms with van der Waals surface area (Å²) in [5.41, 5.74) is 0. The Kier molecular flexibility index (Phi) is 11.0. The molecule has 4 N–H and O–H groups in total. The summed E-state index contributed by atoms with van der Waals surface area (Å²) in [5, 5.41) is 34.1. The highest BCUT2D eigenvalue weighted by molar-refractivity contribution is 5.75. The van der Waals surface area contributed by atoms with E-state index in [0.717, 1.165) is 0 Å². The monoisotopic (exact) mass is 198 g/mol. The number of rotatable bonds is 6. The van der Waals surface area contributed by atoms with Crippen LogP contribution in [0.15, 0.2) is 0 Å². The van der Waals surface area contributed by atoms with Crippen molar-refractivity contribution in [3.05, 3.63) is 0 Å². The van der Waals surface area contributed by atoms with Crippen molar-refractivity contribution < 1.29 is 25.2 Å². The van der Waals surface area contributed by atoms with E-state index in [2.05, 4.69) is 0 Å². The quantitative estimate of drug-likeness (QED) is 0.329. The van der Waals surface area contributed by atoms with E-state index in [9.17, 15) is 0 Å². The molecule has 0 aliphatic carbocycles. The number of aliphatic hydroxyl groups excluding tert-OH is 4. The Labute approximate surface area is 75.6 Å². The summed E-state index contributed by atoms with van der Waals surface area (Å²) in [4.78, 5) is 0. The third kappa shape index (κ3) is 8.12. The lowest BCUT2D eigenvalue weighted by Gasteiger charge is -2.10. The molecule has 0 amide bonds. The molecule has 2 atom stereocenters. The van der Waals surface area contributed by atoms with Gasteiger partial charge in [0.05, 0.1) is 26.4 Å². The lowest BCUT2D eigenvalue weighted by atomic mass is 10.4. The summed E-state index contributed by atoms with van der Waals surface area (Å²) in [5.74, 6) is 0. The molecule has 0 spiro atoms. The molecule has 5 nitrogen and oxygen atoms in total. The third-order valence-corrected chi connectivity index (χ3v) is 1.04. The van der Waals surface area contributed by atoms with Crippen LogP contribution in [0.3, 0.4) is 0 Å². The van der Waals surface area contributed by atoms with Crippen LogP contribution in [0.25, 0.3) is 0 Å². The molecule has 0 aliphatic rings. The fourth-order valence-corrected chi connectivity index (χ4v) is 0.446. The van der Waals surface area contributed by atoms with Crippen LogP contribution in [-0.4, -0.2) is 70.0 Å². The van der Waals surface area contributed by atoms with Crippen molar-refractivity contribution in [2.45, 2.75) is 12.2 Å². The normalized spacial score (nSPS) is 15.0. The second-order valence-corrected chi connectivity index (χ2v) is 2.21. The summed E-state index contributed by atoms with van der Waals surface area (Å²) in [6.07, 6.45) is -1.83. The van der Waals surface area contributed by atoms with E-state index in [4.69, 9.17) is 25.2 Å². The Balaban J connectivity index is 0. The van der Waals surface area contributed by atoms with Gasteiger partial charge in [0.15, 0.2) is 0 Å². The Hall–Kier alpha value is 0.0169. The van der Waals surface area contributed by atoms with Crippen LogP contribution in [0.4, 0.5) is 0 Å². The van der Waals surface area contributed by atoms with Gasteiger partial charge in [0.2, 0.25) is 0 Å². The van der Waals surface area contributed by atoms with Crippen LogP contribution >= 0.6 is 0 Å². The van der Waals surface area contributed by atoms with E-state index >= 15 is 0 Å². The van der Waals surface area contributed by atoms with Gasteiger partial charge in [-0.05, 0) is 11.0 Å². The molecule has 2 unspecified atom stereocenters. The first-order valence-electron chi connectivity index (χ1n) is 3.36. The number of aliphatic hydroxyl groups is 4. The van der Waals surface area contributed by atoms with Gasteiger partial charge in [-0.1, -0.05) is 0 Å². The van der Waals surface area contributed by atoms with Gasteiger partial charge in [0.1, 0.15) is 12.2 Å². The molecule has 0 radical (unpaired) electrons. The molecule has 12 heavy (non-hydrogen) atoms. The minimum Gasteiger partial charge on any atom is -0.394 e. The molecule has 6 heteroatoms. The van der Waals surface area contributed by atoms with Gasteiger partial charge in [0.25, 0.3) is 0 Å². The van der Waals surface area contributed by atoms with Crippen molar-refractivity contribution in [2.75, 3.05) is 26.4 Å². The topological polar surface area (TPSA) is 90.2 Å².